The van der Waals surface area contributed by atoms with Crippen LogP contribution in [0.15, 0.2) is 18.2 Å². The van der Waals surface area contributed by atoms with Crippen LogP contribution in [0.1, 0.15) is 17.5 Å². The number of benzene rings is 1. The van der Waals surface area contributed by atoms with Gasteiger partial charge in [0.25, 0.3) is 0 Å². The van der Waals surface area contributed by atoms with Gasteiger partial charge in [-0.05, 0) is 37.1 Å². The summed E-state index contributed by atoms with van der Waals surface area (Å²) in [5, 5.41) is 19.8. The van der Waals surface area contributed by atoms with Gasteiger partial charge >= 0.3 is 18.0 Å². The zero-order valence-electron chi connectivity index (χ0n) is 12.1. The van der Waals surface area contributed by atoms with Gasteiger partial charge in [0.05, 0.1) is 6.42 Å². The summed E-state index contributed by atoms with van der Waals surface area (Å²) in [4.78, 5) is 34.8. The third-order valence-corrected chi connectivity index (χ3v) is 2.87. The molecule has 1 aromatic carbocycles. The molecule has 1 rings (SSSR count). The highest BCUT2D eigenvalue weighted by atomic mass is 16.4. The van der Waals surface area contributed by atoms with Crippen LogP contribution in [0.3, 0.4) is 0 Å². The first-order chi connectivity index (χ1) is 9.70. The highest BCUT2D eigenvalue weighted by Crippen LogP contribution is 2.17. The number of carbonyl (C=O) groups is 3. The van der Waals surface area contributed by atoms with Gasteiger partial charge in [0.15, 0.2) is 0 Å². The zero-order valence-corrected chi connectivity index (χ0v) is 12.1. The van der Waals surface area contributed by atoms with Crippen LogP contribution in [0, 0.1) is 13.8 Å². The van der Waals surface area contributed by atoms with Crippen molar-refractivity contribution in [3.05, 3.63) is 29.3 Å². The number of urea groups is 1. The number of anilines is 1. The fourth-order valence-electron chi connectivity index (χ4n) is 1.88. The van der Waals surface area contributed by atoms with E-state index in [4.69, 9.17) is 10.2 Å². The molecule has 0 fully saturated rings. The molecule has 0 bridgehead atoms. The van der Waals surface area contributed by atoms with Gasteiger partial charge < -0.3 is 15.5 Å². The predicted octanol–water partition coefficient (Wildman–Crippen LogP) is 1.38. The van der Waals surface area contributed by atoms with Crippen molar-refractivity contribution in [2.24, 2.45) is 0 Å². The van der Waals surface area contributed by atoms with Crippen LogP contribution in [0.2, 0.25) is 0 Å². The van der Waals surface area contributed by atoms with E-state index in [0.29, 0.717) is 5.69 Å². The van der Waals surface area contributed by atoms with Crippen LogP contribution < -0.4 is 10.2 Å². The monoisotopic (exact) mass is 294 g/mol. The first-order valence-corrected chi connectivity index (χ1v) is 6.28. The van der Waals surface area contributed by atoms with Gasteiger partial charge in [-0.15, -0.1) is 0 Å². The number of nitrogens with zero attached hydrogens (tertiary/aromatic N) is 1. The smallest absolute Gasteiger partial charge is 0.326 e. The molecular weight excluding hydrogens is 276 g/mol. The third-order valence-electron chi connectivity index (χ3n) is 2.87. The van der Waals surface area contributed by atoms with E-state index in [1.54, 1.807) is 12.1 Å². The van der Waals surface area contributed by atoms with E-state index in [1.807, 2.05) is 19.9 Å². The molecule has 0 saturated carbocycles. The number of rotatable bonds is 5. The predicted molar refractivity (Wildman–Crippen MR) is 76.5 cm³/mol. The number of hydrogen-bond donors (Lipinski definition) is 3. The van der Waals surface area contributed by atoms with Crippen LogP contribution in [0.25, 0.3) is 0 Å². The van der Waals surface area contributed by atoms with Crippen molar-refractivity contribution in [2.75, 3.05) is 11.9 Å². The topological polar surface area (TPSA) is 107 Å². The lowest BCUT2D eigenvalue weighted by Crippen LogP contribution is -2.47. The van der Waals surface area contributed by atoms with Crippen molar-refractivity contribution in [1.82, 2.24) is 5.32 Å². The molecule has 0 heterocycles. The van der Waals surface area contributed by atoms with Gasteiger partial charge in [-0.3, -0.25) is 9.69 Å². The van der Waals surface area contributed by atoms with E-state index < -0.39 is 30.4 Å². The minimum atomic E-state index is -1.47. The minimum absolute atomic E-state index is 0.601. The van der Waals surface area contributed by atoms with E-state index in [0.717, 1.165) is 11.1 Å². The molecule has 114 valence electrons. The molecule has 0 aliphatic heterocycles. The van der Waals surface area contributed by atoms with E-state index in [-0.39, 0.29) is 0 Å². The molecule has 7 heteroatoms. The molecule has 0 spiro atoms. The first kappa shape index (κ1) is 16.5. The standard InChI is InChI=1S/C14H18N2O5/c1-8-4-9(2)6-10(5-8)16(3)14(21)15-11(13(19)20)7-12(17)18/h4-6,11H,7H2,1-3H3,(H,15,21)(H,17,18)(H,19,20)/t11-/m0/s1. The average Bonchev–Trinajstić information content (AvgIpc) is 2.35. The summed E-state index contributed by atoms with van der Waals surface area (Å²) in [6, 6.07) is 3.36. The van der Waals surface area contributed by atoms with Gasteiger partial charge in [0, 0.05) is 12.7 Å². The van der Waals surface area contributed by atoms with Gasteiger partial charge in [0.2, 0.25) is 0 Å². The molecule has 21 heavy (non-hydrogen) atoms. The molecule has 2 amide bonds. The maximum atomic E-state index is 12.0. The summed E-state index contributed by atoms with van der Waals surface area (Å²) < 4.78 is 0. The van der Waals surface area contributed by atoms with Crippen LogP contribution in [0.5, 0.6) is 0 Å². The van der Waals surface area contributed by atoms with Crippen LogP contribution in [0.4, 0.5) is 10.5 Å². The number of aryl methyl sites for hydroxylation is 2. The molecule has 1 atom stereocenters. The molecule has 0 radical (unpaired) electrons. The largest absolute Gasteiger partial charge is 0.481 e. The number of hydrogen-bond acceptors (Lipinski definition) is 3. The van der Waals surface area contributed by atoms with Gasteiger partial charge in [-0.1, -0.05) is 6.07 Å². The maximum absolute atomic E-state index is 12.0. The second-order valence-corrected chi connectivity index (χ2v) is 4.84. The molecule has 0 aromatic heterocycles. The maximum Gasteiger partial charge on any atom is 0.326 e. The number of carboxylic acid groups (broad SMARTS) is 2. The first-order valence-electron chi connectivity index (χ1n) is 6.28. The van der Waals surface area contributed by atoms with Crippen molar-refractivity contribution in [3.8, 4) is 0 Å². The SMILES string of the molecule is Cc1cc(C)cc(N(C)C(=O)N[C@@H](CC(=O)O)C(=O)O)c1. The van der Waals surface area contributed by atoms with Gasteiger partial charge in [-0.2, -0.15) is 0 Å². The van der Waals surface area contributed by atoms with Gasteiger partial charge in [-0.25, -0.2) is 9.59 Å². The normalized spacial score (nSPS) is 11.6. The fraction of sp³-hybridized carbons (Fsp3) is 0.357. The van der Waals surface area contributed by atoms with Crippen LogP contribution in [-0.4, -0.2) is 41.3 Å². The zero-order chi connectivity index (χ0) is 16.2. The second kappa shape index (κ2) is 6.74. The Labute approximate surface area is 122 Å². The molecule has 1 aromatic rings. The Morgan fingerprint density at radius 2 is 1.67 bits per heavy atom. The Bertz CT molecular complexity index is 550. The summed E-state index contributed by atoms with van der Waals surface area (Å²) in [7, 11) is 1.49. The number of carboxylic acids is 2. The number of amides is 2. The number of nitrogens with one attached hydrogen (secondary N) is 1. The Morgan fingerprint density at radius 3 is 2.10 bits per heavy atom. The van der Waals surface area contributed by atoms with Crippen molar-refractivity contribution >= 4 is 23.7 Å². The third kappa shape index (κ3) is 4.79. The van der Waals surface area contributed by atoms with Crippen molar-refractivity contribution in [1.29, 1.82) is 0 Å². The van der Waals surface area contributed by atoms with Crippen molar-refractivity contribution in [3.63, 3.8) is 0 Å². The molecule has 0 saturated heterocycles. The van der Waals surface area contributed by atoms with E-state index in [1.165, 1.54) is 11.9 Å². The number of aliphatic carboxylic acids is 2. The average molecular weight is 294 g/mol. The quantitative estimate of drug-likeness (QED) is 0.760. The Hall–Kier alpha value is -2.57. The summed E-state index contributed by atoms with van der Waals surface area (Å²) in [5.41, 5.74) is 2.53. The lowest BCUT2D eigenvalue weighted by molar-refractivity contribution is -0.145. The Kier molecular flexibility index (Phi) is 5.29. The number of carbonyl (C=O) groups excluding carboxylic acids is 1. The van der Waals surface area contributed by atoms with Crippen LogP contribution >= 0.6 is 0 Å². The van der Waals surface area contributed by atoms with Gasteiger partial charge in [0.1, 0.15) is 6.04 Å². The van der Waals surface area contributed by atoms with Crippen LogP contribution in [-0.2, 0) is 9.59 Å². The lowest BCUT2D eigenvalue weighted by atomic mass is 10.1. The highest BCUT2D eigenvalue weighted by Gasteiger charge is 2.24. The molecule has 0 aliphatic rings. The molecule has 7 nitrogen and oxygen atoms in total. The summed E-state index contributed by atoms with van der Waals surface area (Å²) >= 11 is 0. The van der Waals surface area contributed by atoms with Crippen molar-refractivity contribution in [2.45, 2.75) is 26.3 Å². The van der Waals surface area contributed by atoms with E-state index >= 15 is 0 Å². The Morgan fingerprint density at radius 1 is 1.14 bits per heavy atom. The Balaban J connectivity index is 2.86. The minimum Gasteiger partial charge on any atom is -0.481 e. The summed E-state index contributed by atoms with van der Waals surface area (Å²) in [5.74, 6) is -2.68. The van der Waals surface area contributed by atoms with Crippen molar-refractivity contribution < 1.29 is 24.6 Å². The molecule has 0 aliphatic carbocycles. The lowest BCUT2D eigenvalue weighted by Gasteiger charge is -2.21. The molecular formula is C14H18N2O5. The summed E-state index contributed by atoms with van der Waals surface area (Å²) in [6.07, 6.45) is -0.679. The van der Waals surface area contributed by atoms with E-state index in [2.05, 4.69) is 5.32 Å². The molecule has 0 unspecified atom stereocenters. The molecule has 3 N–H and O–H groups in total. The van der Waals surface area contributed by atoms with E-state index in [9.17, 15) is 14.4 Å². The second-order valence-electron chi connectivity index (χ2n) is 4.84. The summed E-state index contributed by atoms with van der Waals surface area (Å²) in [6.45, 7) is 3.76. The highest BCUT2D eigenvalue weighted by molar-refractivity contribution is 5.95. The fourth-order valence-corrected chi connectivity index (χ4v) is 1.88.